The van der Waals surface area contributed by atoms with E-state index in [-0.39, 0.29) is 11.9 Å². The van der Waals surface area contributed by atoms with E-state index in [0.717, 1.165) is 41.9 Å². The fraction of sp³-hybridized carbons (Fsp3) is 0.263. The van der Waals surface area contributed by atoms with Gasteiger partial charge in [-0.3, -0.25) is 4.79 Å². The Morgan fingerprint density at radius 1 is 1.28 bits per heavy atom. The second-order valence-corrected chi connectivity index (χ2v) is 6.20. The molecule has 2 aromatic heterocycles. The van der Waals surface area contributed by atoms with Crippen molar-refractivity contribution in [2.75, 3.05) is 0 Å². The van der Waals surface area contributed by atoms with Gasteiger partial charge in [-0.15, -0.1) is 0 Å². The second kappa shape index (κ2) is 6.47. The van der Waals surface area contributed by atoms with Gasteiger partial charge in [0.25, 0.3) is 5.91 Å². The molecule has 0 saturated carbocycles. The van der Waals surface area contributed by atoms with Crippen LogP contribution in [0.5, 0.6) is 0 Å². The van der Waals surface area contributed by atoms with Crippen LogP contribution >= 0.6 is 0 Å². The number of amides is 1. The number of hydrogen-bond acceptors (Lipinski definition) is 5. The lowest BCUT2D eigenvalue weighted by molar-refractivity contribution is 0.0923. The molecule has 1 aliphatic carbocycles. The first-order chi connectivity index (χ1) is 12.2. The zero-order valence-electron chi connectivity index (χ0n) is 13.9. The van der Waals surface area contributed by atoms with Crippen LogP contribution in [0.2, 0.25) is 0 Å². The molecule has 2 heterocycles. The van der Waals surface area contributed by atoms with E-state index in [1.54, 1.807) is 13.0 Å². The Bertz CT molecular complexity index is 905. The third-order valence-electron chi connectivity index (χ3n) is 4.38. The van der Waals surface area contributed by atoms with Crippen molar-refractivity contribution < 1.29 is 9.32 Å². The zero-order chi connectivity index (χ0) is 17.2. The van der Waals surface area contributed by atoms with Gasteiger partial charge in [0, 0.05) is 29.1 Å². The van der Waals surface area contributed by atoms with Crippen LogP contribution in [0.1, 0.15) is 46.4 Å². The molecule has 1 amide bonds. The van der Waals surface area contributed by atoms with Crippen molar-refractivity contribution in [3.8, 4) is 11.4 Å². The first-order valence-electron chi connectivity index (χ1n) is 8.36. The van der Waals surface area contributed by atoms with E-state index in [1.165, 1.54) is 0 Å². The van der Waals surface area contributed by atoms with E-state index in [9.17, 15) is 4.79 Å². The first-order valence-corrected chi connectivity index (χ1v) is 8.36. The van der Waals surface area contributed by atoms with Crippen molar-refractivity contribution in [1.29, 1.82) is 0 Å². The summed E-state index contributed by atoms with van der Waals surface area (Å²) >= 11 is 0. The van der Waals surface area contributed by atoms with Gasteiger partial charge >= 0.3 is 0 Å². The molecule has 3 aromatic rings. The molecule has 0 radical (unpaired) electrons. The van der Waals surface area contributed by atoms with Gasteiger partial charge in [-0.1, -0.05) is 35.5 Å². The molecule has 126 valence electrons. The predicted octanol–water partition coefficient (Wildman–Crippen LogP) is 3.25. The van der Waals surface area contributed by atoms with E-state index in [0.29, 0.717) is 11.5 Å². The summed E-state index contributed by atoms with van der Waals surface area (Å²) in [7, 11) is 0. The highest BCUT2D eigenvalue weighted by Crippen LogP contribution is 2.29. The molecule has 25 heavy (non-hydrogen) atoms. The van der Waals surface area contributed by atoms with Crippen molar-refractivity contribution in [3.05, 3.63) is 65.3 Å². The molecule has 4 rings (SSSR count). The number of hydrogen-bond donors (Lipinski definition) is 1. The summed E-state index contributed by atoms with van der Waals surface area (Å²) < 4.78 is 4.97. The molecule has 0 bridgehead atoms. The number of aromatic nitrogens is 3. The van der Waals surface area contributed by atoms with Crippen molar-refractivity contribution in [1.82, 2.24) is 20.4 Å². The summed E-state index contributed by atoms with van der Waals surface area (Å²) in [6.45, 7) is 1.76. The minimum atomic E-state index is -0.234. The molecular weight excluding hydrogens is 316 g/mol. The average molecular weight is 334 g/mol. The largest absolute Gasteiger partial charge is 0.361 e. The summed E-state index contributed by atoms with van der Waals surface area (Å²) in [4.78, 5) is 21.6. The molecule has 1 N–H and O–H groups in total. The van der Waals surface area contributed by atoms with E-state index in [4.69, 9.17) is 9.51 Å². The van der Waals surface area contributed by atoms with Gasteiger partial charge in [-0.2, -0.15) is 0 Å². The lowest BCUT2D eigenvalue weighted by Gasteiger charge is -2.25. The number of fused-ring (bicyclic) bond motifs is 1. The molecule has 1 atom stereocenters. The molecule has 0 saturated heterocycles. The third kappa shape index (κ3) is 3.15. The molecular formula is C19H18N4O2. The summed E-state index contributed by atoms with van der Waals surface area (Å²) in [6.07, 6.45) is 4.57. The number of aryl methyl sites for hydroxylation is 2. The van der Waals surface area contributed by atoms with Crippen molar-refractivity contribution in [2.24, 2.45) is 0 Å². The topological polar surface area (TPSA) is 80.9 Å². The van der Waals surface area contributed by atoms with E-state index in [1.807, 2.05) is 36.5 Å². The highest BCUT2D eigenvalue weighted by molar-refractivity contribution is 5.92. The molecule has 0 aliphatic heterocycles. The van der Waals surface area contributed by atoms with Gasteiger partial charge < -0.3 is 9.84 Å². The van der Waals surface area contributed by atoms with Gasteiger partial charge in [0.1, 0.15) is 5.76 Å². The van der Waals surface area contributed by atoms with Crippen LogP contribution in [-0.4, -0.2) is 21.0 Å². The molecule has 6 heteroatoms. The van der Waals surface area contributed by atoms with Crippen LogP contribution in [0.3, 0.4) is 0 Å². The van der Waals surface area contributed by atoms with Crippen LogP contribution in [-0.2, 0) is 6.42 Å². The quantitative estimate of drug-likeness (QED) is 0.795. The maximum atomic E-state index is 12.4. The Balaban J connectivity index is 1.59. The summed E-state index contributed by atoms with van der Waals surface area (Å²) in [5.41, 5.74) is 3.28. The Kier molecular flexibility index (Phi) is 4.01. The van der Waals surface area contributed by atoms with Crippen LogP contribution in [0.15, 0.2) is 47.1 Å². The lowest BCUT2D eigenvalue weighted by Crippen LogP contribution is -2.31. The Morgan fingerprint density at radius 2 is 2.12 bits per heavy atom. The predicted molar refractivity (Wildman–Crippen MR) is 91.9 cm³/mol. The molecule has 1 aliphatic rings. The summed E-state index contributed by atoms with van der Waals surface area (Å²) in [5.74, 6) is 1.10. The monoisotopic (exact) mass is 334 g/mol. The average Bonchev–Trinajstić information content (AvgIpc) is 3.09. The van der Waals surface area contributed by atoms with E-state index < -0.39 is 0 Å². The van der Waals surface area contributed by atoms with Gasteiger partial charge in [0.2, 0.25) is 0 Å². The highest BCUT2D eigenvalue weighted by Gasteiger charge is 2.25. The van der Waals surface area contributed by atoms with Gasteiger partial charge in [-0.05, 0) is 26.2 Å². The van der Waals surface area contributed by atoms with Gasteiger partial charge in [-0.25, -0.2) is 9.97 Å². The van der Waals surface area contributed by atoms with Crippen LogP contribution in [0.4, 0.5) is 0 Å². The van der Waals surface area contributed by atoms with Crippen LogP contribution in [0.25, 0.3) is 11.4 Å². The molecule has 0 fully saturated rings. The number of nitrogens with one attached hydrogen (secondary N) is 1. The molecule has 1 aromatic carbocycles. The fourth-order valence-electron chi connectivity index (χ4n) is 3.13. The summed E-state index contributed by atoms with van der Waals surface area (Å²) in [6, 6.07) is 11.4. The normalized spacial score (nSPS) is 16.3. The highest BCUT2D eigenvalue weighted by atomic mass is 16.5. The van der Waals surface area contributed by atoms with E-state index >= 15 is 0 Å². The van der Waals surface area contributed by atoms with Crippen LogP contribution in [0, 0.1) is 6.92 Å². The number of rotatable bonds is 3. The standard InChI is InChI=1S/C19H18N4O2/c1-12-10-17(23-25-12)19(24)22-16-9-5-8-15-14(16)11-20-18(21-15)13-6-3-2-4-7-13/h2-4,6-7,10-11,16H,5,8-9H2,1H3,(H,22,24)/t16-/m0/s1. The fourth-order valence-corrected chi connectivity index (χ4v) is 3.13. The van der Waals surface area contributed by atoms with Gasteiger partial charge in [0.05, 0.1) is 6.04 Å². The number of carbonyl (C=O) groups excluding carboxylic acids is 1. The van der Waals surface area contributed by atoms with E-state index in [2.05, 4.69) is 15.5 Å². The van der Waals surface area contributed by atoms with Crippen molar-refractivity contribution >= 4 is 5.91 Å². The summed E-state index contributed by atoms with van der Waals surface area (Å²) in [5, 5.41) is 6.80. The minimum absolute atomic E-state index is 0.0990. The van der Waals surface area contributed by atoms with Crippen LogP contribution < -0.4 is 5.32 Å². The second-order valence-electron chi connectivity index (χ2n) is 6.20. The Hall–Kier alpha value is -3.02. The molecule has 0 spiro atoms. The minimum Gasteiger partial charge on any atom is -0.361 e. The maximum absolute atomic E-state index is 12.4. The lowest BCUT2D eigenvalue weighted by atomic mass is 9.92. The van der Waals surface area contributed by atoms with Gasteiger partial charge in [0.15, 0.2) is 11.5 Å². The zero-order valence-corrected chi connectivity index (χ0v) is 13.9. The Morgan fingerprint density at radius 3 is 2.88 bits per heavy atom. The number of carbonyl (C=O) groups is 1. The Labute approximate surface area is 145 Å². The smallest absolute Gasteiger partial charge is 0.273 e. The number of benzene rings is 1. The molecule has 6 nitrogen and oxygen atoms in total. The number of nitrogens with zero attached hydrogens (tertiary/aromatic N) is 3. The molecule has 0 unspecified atom stereocenters. The van der Waals surface area contributed by atoms with Crippen molar-refractivity contribution in [3.63, 3.8) is 0 Å². The SMILES string of the molecule is Cc1cc(C(=O)N[C@H]2CCCc3nc(-c4ccccc4)ncc32)no1. The first kappa shape index (κ1) is 15.5. The third-order valence-corrected chi connectivity index (χ3v) is 4.38. The van der Waals surface area contributed by atoms with Crippen molar-refractivity contribution in [2.45, 2.75) is 32.2 Å². The maximum Gasteiger partial charge on any atom is 0.273 e.